The van der Waals surface area contributed by atoms with E-state index >= 15 is 0 Å². The zero-order valence-electron chi connectivity index (χ0n) is 16.1. The maximum absolute atomic E-state index is 6.59. The second kappa shape index (κ2) is 6.74. The summed E-state index contributed by atoms with van der Waals surface area (Å²) in [6.45, 7) is 0. The summed E-state index contributed by atoms with van der Waals surface area (Å²) in [5, 5.41) is 10.1. The molecule has 2 aliphatic rings. The molecule has 0 bridgehead atoms. The van der Waals surface area contributed by atoms with Crippen LogP contribution in [0, 0.1) is 0 Å². The summed E-state index contributed by atoms with van der Waals surface area (Å²) < 4.78 is 13.9. The Morgan fingerprint density at radius 2 is 1.93 bits per heavy atom. The van der Waals surface area contributed by atoms with Crippen LogP contribution in [0.2, 0.25) is 0 Å². The van der Waals surface area contributed by atoms with Crippen molar-refractivity contribution in [1.29, 1.82) is 0 Å². The second-order valence-electron chi connectivity index (χ2n) is 7.17. The molecule has 0 unspecified atom stereocenters. The minimum absolute atomic E-state index is 0.0980. The number of hydrogen-bond donors (Lipinski definition) is 1. The third kappa shape index (κ3) is 2.55. The molecular weight excluding hydrogens is 396 g/mol. The first-order valence-corrected chi connectivity index (χ1v) is 10.6. The highest BCUT2D eigenvalue weighted by Gasteiger charge is 2.41. The van der Waals surface area contributed by atoms with E-state index in [-0.39, 0.29) is 12.1 Å². The number of aromatic nitrogens is 3. The highest BCUT2D eigenvalue weighted by Crippen LogP contribution is 2.51. The first-order chi connectivity index (χ1) is 14.8. The number of nitrogens with one attached hydrogen (secondary N) is 1. The molecular formula is C23H18N4O2S. The average molecular weight is 414 g/mol. The molecule has 1 N–H and O–H groups in total. The highest BCUT2D eigenvalue weighted by molar-refractivity contribution is 7.10. The first-order valence-electron chi connectivity index (χ1n) is 9.67. The van der Waals surface area contributed by atoms with Crippen molar-refractivity contribution in [1.82, 2.24) is 14.8 Å². The highest BCUT2D eigenvalue weighted by atomic mass is 32.1. The van der Waals surface area contributed by atoms with Crippen molar-refractivity contribution in [3.8, 4) is 11.5 Å². The number of anilines is 1. The van der Waals surface area contributed by atoms with E-state index in [0.717, 1.165) is 39.8 Å². The van der Waals surface area contributed by atoms with E-state index in [1.165, 1.54) is 4.88 Å². The molecule has 0 spiro atoms. The van der Waals surface area contributed by atoms with Crippen LogP contribution in [-0.4, -0.2) is 21.9 Å². The number of methoxy groups -OCH3 is 1. The van der Waals surface area contributed by atoms with Crippen molar-refractivity contribution in [2.75, 3.05) is 12.4 Å². The van der Waals surface area contributed by atoms with Crippen molar-refractivity contribution in [3.05, 3.63) is 93.9 Å². The molecule has 6 rings (SSSR count). The quantitative estimate of drug-likeness (QED) is 0.516. The first kappa shape index (κ1) is 17.3. The van der Waals surface area contributed by atoms with Gasteiger partial charge in [-0.2, -0.15) is 10.1 Å². The fraction of sp³-hybridized carbons (Fsp3) is 0.130. The Bertz CT molecular complexity index is 1240. The molecule has 2 aliphatic heterocycles. The summed E-state index contributed by atoms with van der Waals surface area (Å²) in [5.41, 5.74) is 4.26. The molecule has 6 nitrogen and oxygen atoms in total. The Labute approximate surface area is 177 Å². The van der Waals surface area contributed by atoms with Gasteiger partial charge in [0.15, 0.2) is 0 Å². The zero-order valence-corrected chi connectivity index (χ0v) is 17.0. The van der Waals surface area contributed by atoms with Crippen molar-refractivity contribution in [2.45, 2.75) is 12.1 Å². The van der Waals surface area contributed by atoms with Crippen LogP contribution in [0.5, 0.6) is 11.5 Å². The minimum atomic E-state index is -0.266. The van der Waals surface area contributed by atoms with Crippen LogP contribution in [0.1, 0.15) is 28.1 Å². The van der Waals surface area contributed by atoms with Gasteiger partial charge in [0, 0.05) is 16.0 Å². The van der Waals surface area contributed by atoms with Crippen LogP contribution in [0.3, 0.4) is 0 Å². The third-order valence-corrected chi connectivity index (χ3v) is 6.48. The predicted octanol–water partition coefficient (Wildman–Crippen LogP) is 4.91. The van der Waals surface area contributed by atoms with E-state index in [1.807, 2.05) is 35.0 Å². The topological polar surface area (TPSA) is 61.2 Å². The molecule has 7 heteroatoms. The Balaban J connectivity index is 1.60. The number of rotatable bonds is 3. The van der Waals surface area contributed by atoms with Gasteiger partial charge in [-0.15, -0.1) is 11.3 Å². The number of fused-ring (bicyclic) bond motifs is 3. The second-order valence-corrected chi connectivity index (χ2v) is 8.15. The van der Waals surface area contributed by atoms with Gasteiger partial charge in [0.2, 0.25) is 5.95 Å². The molecule has 148 valence electrons. The summed E-state index contributed by atoms with van der Waals surface area (Å²) in [4.78, 5) is 5.65. The molecule has 0 saturated carbocycles. The lowest BCUT2D eigenvalue weighted by molar-refractivity contribution is 0.223. The number of ether oxygens (including phenoxy) is 2. The van der Waals surface area contributed by atoms with Gasteiger partial charge in [0.25, 0.3) is 0 Å². The lowest BCUT2D eigenvalue weighted by Crippen LogP contribution is -2.32. The molecule has 30 heavy (non-hydrogen) atoms. The van der Waals surface area contributed by atoms with Gasteiger partial charge in [0.1, 0.15) is 30.0 Å². The number of para-hydroxylation sites is 1. The van der Waals surface area contributed by atoms with Gasteiger partial charge in [0.05, 0.1) is 12.8 Å². The number of hydrogen-bond acceptors (Lipinski definition) is 6. The van der Waals surface area contributed by atoms with Gasteiger partial charge in [-0.1, -0.05) is 30.3 Å². The fourth-order valence-electron chi connectivity index (χ4n) is 4.19. The molecule has 4 aromatic rings. The lowest BCUT2D eigenvalue weighted by atomic mass is 9.87. The largest absolute Gasteiger partial charge is 0.497 e. The smallest absolute Gasteiger partial charge is 0.226 e. The SMILES string of the molecule is COc1ccc([C@@H]2Oc3ccccc3C3=C2[C@H](c2cccs2)n2ncnc2N3)cc1. The van der Waals surface area contributed by atoms with E-state index < -0.39 is 0 Å². The zero-order chi connectivity index (χ0) is 20.1. The molecule has 0 radical (unpaired) electrons. The van der Waals surface area contributed by atoms with Crippen molar-refractivity contribution in [2.24, 2.45) is 0 Å². The molecule has 0 fully saturated rings. The molecule has 2 aromatic carbocycles. The van der Waals surface area contributed by atoms with Gasteiger partial charge in [-0.05, 0) is 41.3 Å². The van der Waals surface area contributed by atoms with E-state index in [2.05, 4.69) is 51.1 Å². The molecule has 2 atom stereocenters. The normalized spacial score (nSPS) is 19.2. The van der Waals surface area contributed by atoms with Gasteiger partial charge in [-0.25, -0.2) is 4.68 Å². The summed E-state index contributed by atoms with van der Waals surface area (Å²) in [6, 6.07) is 20.3. The van der Waals surface area contributed by atoms with E-state index in [4.69, 9.17) is 9.47 Å². The molecule has 2 aromatic heterocycles. The number of thiophene rings is 1. The third-order valence-electron chi connectivity index (χ3n) is 5.55. The molecule has 0 amide bonds. The van der Waals surface area contributed by atoms with Crippen LogP contribution in [-0.2, 0) is 0 Å². The maximum Gasteiger partial charge on any atom is 0.226 e. The number of benzene rings is 2. The molecule has 0 aliphatic carbocycles. The van der Waals surface area contributed by atoms with Crippen LogP contribution in [0.4, 0.5) is 5.95 Å². The van der Waals surface area contributed by atoms with Crippen molar-refractivity contribution in [3.63, 3.8) is 0 Å². The Morgan fingerprint density at radius 3 is 2.73 bits per heavy atom. The van der Waals surface area contributed by atoms with Crippen LogP contribution >= 0.6 is 11.3 Å². The maximum atomic E-state index is 6.59. The summed E-state index contributed by atoms with van der Waals surface area (Å²) >= 11 is 1.71. The standard InChI is InChI=1S/C23H18N4O2S/c1-28-15-10-8-14(9-11-15)22-19-20(16-5-2-3-6-17(16)29-22)26-23-24-13-25-27(23)21(19)18-7-4-12-30-18/h2-13,21-22H,1H3,(H,24,25,26)/t21-,22-/m0/s1. The number of nitrogens with zero attached hydrogens (tertiary/aromatic N) is 3. The Kier molecular flexibility index (Phi) is 3.89. The minimum Gasteiger partial charge on any atom is -0.497 e. The van der Waals surface area contributed by atoms with E-state index in [1.54, 1.807) is 24.8 Å². The van der Waals surface area contributed by atoms with Crippen LogP contribution < -0.4 is 14.8 Å². The monoisotopic (exact) mass is 414 g/mol. The summed E-state index contributed by atoms with van der Waals surface area (Å²) in [5.74, 6) is 2.40. The van der Waals surface area contributed by atoms with Gasteiger partial charge < -0.3 is 14.8 Å². The van der Waals surface area contributed by atoms with Crippen LogP contribution in [0.25, 0.3) is 5.70 Å². The molecule has 4 heterocycles. The van der Waals surface area contributed by atoms with E-state index in [0.29, 0.717) is 0 Å². The van der Waals surface area contributed by atoms with Crippen molar-refractivity contribution >= 4 is 23.0 Å². The van der Waals surface area contributed by atoms with Crippen molar-refractivity contribution < 1.29 is 9.47 Å². The summed E-state index contributed by atoms with van der Waals surface area (Å²) in [7, 11) is 1.67. The fourth-order valence-corrected chi connectivity index (χ4v) is 5.02. The van der Waals surface area contributed by atoms with E-state index in [9.17, 15) is 0 Å². The average Bonchev–Trinajstić information content (AvgIpc) is 3.49. The molecule has 0 saturated heterocycles. The predicted molar refractivity (Wildman–Crippen MR) is 116 cm³/mol. The van der Waals surface area contributed by atoms with Crippen LogP contribution in [0.15, 0.2) is 77.9 Å². The Hall–Kier alpha value is -3.58. The Morgan fingerprint density at radius 1 is 1.07 bits per heavy atom. The van der Waals surface area contributed by atoms with Gasteiger partial charge >= 0.3 is 0 Å². The van der Waals surface area contributed by atoms with Gasteiger partial charge in [-0.3, -0.25) is 0 Å². The lowest BCUT2D eigenvalue weighted by Gasteiger charge is -2.38. The summed E-state index contributed by atoms with van der Waals surface area (Å²) in [6.07, 6.45) is 1.33.